The third kappa shape index (κ3) is 3.93. The zero-order chi connectivity index (χ0) is 13.0. The van der Waals surface area contributed by atoms with E-state index in [0.29, 0.717) is 26.1 Å². The number of rotatable bonds is 3. The minimum absolute atomic E-state index is 0. The number of carbonyl (C=O) groups excluding carboxylic acids is 1. The lowest BCUT2D eigenvalue weighted by Gasteiger charge is -2.31. The zero-order valence-corrected chi connectivity index (χ0v) is 12.0. The summed E-state index contributed by atoms with van der Waals surface area (Å²) in [5.41, 5.74) is 7.35. The van der Waals surface area contributed by atoms with Crippen molar-refractivity contribution in [3.05, 3.63) is 29.8 Å². The highest BCUT2D eigenvalue weighted by atomic mass is 35.5. The van der Waals surface area contributed by atoms with E-state index in [1.807, 2.05) is 24.3 Å². The maximum atomic E-state index is 12.2. The largest absolute Gasteiger partial charge is 0.381 e. The van der Waals surface area contributed by atoms with Gasteiger partial charge in [-0.15, -0.1) is 12.4 Å². The molecule has 1 fully saturated rings. The van der Waals surface area contributed by atoms with Gasteiger partial charge in [-0.3, -0.25) is 4.79 Å². The van der Waals surface area contributed by atoms with Gasteiger partial charge in [-0.1, -0.05) is 19.1 Å². The summed E-state index contributed by atoms with van der Waals surface area (Å²) in [5.74, 6) is -0.112. The molecule has 0 atom stereocenters. The van der Waals surface area contributed by atoms with Gasteiger partial charge in [-0.25, -0.2) is 0 Å². The number of ether oxygens (including phenoxy) is 1. The Kier molecular flexibility index (Phi) is 5.79. The molecule has 0 saturated carbocycles. The van der Waals surface area contributed by atoms with Gasteiger partial charge in [0.2, 0.25) is 5.91 Å². The van der Waals surface area contributed by atoms with Gasteiger partial charge in [-0.05, 0) is 37.0 Å². The van der Waals surface area contributed by atoms with Crippen molar-refractivity contribution >= 4 is 24.0 Å². The van der Waals surface area contributed by atoms with Crippen molar-refractivity contribution in [3.8, 4) is 0 Å². The van der Waals surface area contributed by atoms with Crippen LogP contribution in [0.2, 0.25) is 0 Å². The number of amides is 1. The van der Waals surface area contributed by atoms with Crippen LogP contribution in [0.5, 0.6) is 0 Å². The van der Waals surface area contributed by atoms with Crippen LogP contribution in [-0.2, 0) is 16.0 Å². The summed E-state index contributed by atoms with van der Waals surface area (Å²) < 4.78 is 5.24. The molecule has 0 radical (unpaired) electrons. The predicted octanol–water partition coefficient (Wildman–Crippen LogP) is 2.12. The standard InChI is InChI=1S/C14H20N2O2.ClH/c1-2-11-4-3-5-12(10-11)16-13(17)14(15)6-8-18-9-7-14;/h3-5,10H,2,6-9,15H2,1H3,(H,16,17);1H. The van der Waals surface area contributed by atoms with Gasteiger partial charge in [0.15, 0.2) is 0 Å². The van der Waals surface area contributed by atoms with Gasteiger partial charge in [0, 0.05) is 18.9 Å². The fraction of sp³-hybridized carbons (Fsp3) is 0.500. The fourth-order valence-corrected chi connectivity index (χ4v) is 2.09. The van der Waals surface area contributed by atoms with E-state index in [1.165, 1.54) is 5.56 Å². The number of hydrogen-bond acceptors (Lipinski definition) is 3. The van der Waals surface area contributed by atoms with Crippen molar-refractivity contribution in [2.24, 2.45) is 5.73 Å². The van der Waals surface area contributed by atoms with E-state index in [-0.39, 0.29) is 18.3 Å². The highest BCUT2D eigenvalue weighted by Crippen LogP contribution is 2.20. The molecule has 106 valence electrons. The molecule has 1 aliphatic rings. The first-order valence-electron chi connectivity index (χ1n) is 6.41. The lowest BCUT2D eigenvalue weighted by molar-refractivity contribution is -0.124. The highest BCUT2D eigenvalue weighted by molar-refractivity contribution is 5.98. The molecule has 4 nitrogen and oxygen atoms in total. The monoisotopic (exact) mass is 284 g/mol. The quantitative estimate of drug-likeness (QED) is 0.893. The van der Waals surface area contributed by atoms with E-state index in [2.05, 4.69) is 12.2 Å². The summed E-state index contributed by atoms with van der Waals surface area (Å²) in [6, 6.07) is 7.87. The molecule has 1 aliphatic heterocycles. The molecule has 0 spiro atoms. The Labute approximate surface area is 120 Å². The molecule has 3 N–H and O–H groups in total. The maximum Gasteiger partial charge on any atom is 0.244 e. The lowest BCUT2D eigenvalue weighted by Crippen LogP contribution is -2.54. The van der Waals surface area contributed by atoms with Crippen LogP contribution in [0.1, 0.15) is 25.3 Å². The van der Waals surface area contributed by atoms with Gasteiger partial charge < -0.3 is 15.8 Å². The topological polar surface area (TPSA) is 64.4 Å². The molecule has 0 aliphatic carbocycles. The third-order valence-electron chi connectivity index (χ3n) is 3.43. The summed E-state index contributed by atoms with van der Waals surface area (Å²) in [6.07, 6.45) is 2.10. The first kappa shape index (κ1) is 16.0. The van der Waals surface area contributed by atoms with Crippen LogP contribution in [0.3, 0.4) is 0 Å². The third-order valence-corrected chi connectivity index (χ3v) is 3.43. The number of nitrogens with one attached hydrogen (secondary N) is 1. The molecule has 0 aromatic heterocycles. The number of benzene rings is 1. The highest BCUT2D eigenvalue weighted by Gasteiger charge is 2.35. The maximum absolute atomic E-state index is 12.2. The van der Waals surface area contributed by atoms with Crippen molar-refractivity contribution in [2.75, 3.05) is 18.5 Å². The zero-order valence-electron chi connectivity index (χ0n) is 11.1. The van der Waals surface area contributed by atoms with Crippen molar-refractivity contribution in [2.45, 2.75) is 31.7 Å². The molecular weight excluding hydrogens is 264 g/mol. The number of hydrogen-bond donors (Lipinski definition) is 2. The lowest BCUT2D eigenvalue weighted by atomic mass is 9.90. The van der Waals surface area contributed by atoms with E-state index in [0.717, 1.165) is 12.1 Å². The normalized spacial score (nSPS) is 17.4. The number of carbonyl (C=O) groups is 1. The van der Waals surface area contributed by atoms with Gasteiger partial charge >= 0.3 is 0 Å². The minimum Gasteiger partial charge on any atom is -0.381 e. The summed E-state index contributed by atoms with van der Waals surface area (Å²) in [7, 11) is 0. The average molecular weight is 285 g/mol. The van der Waals surface area contributed by atoms with Crippen LogP contribution in [0, 0.1) is 0 Å². The van der Waals surface area contributed by atoms with Crippen LogP contribution in [-0.4, -0.2) is 24.7 Å². The minimum atomic E-state index is -0.791. The Balaban J connectivity index is 0.00000180. The molecular formula is C14H21ClN2O2. The molecule has 1 aromatic carbocycles. The number of anilines is 1. The molecule has 1 aromatic rings. The van der Waals surface area contributed by atoms with Crippen molar-refractivity contribution < 1.29 is 9.53 Å². The van der Waals surface area contributed by atoms with Crippen LogP contribution in [0.4, 0.5) is 5.69 Å². The molecule has 0 bridgehead atoms. The van der Waals surface area contributed by atoms with E-state index in [9.17, 15) is 4.79 Å². The van der Waals surface area contributed by atoms with Crippen molar-refractivity contribution in [1.29, 1.82) is 0 Å². The first-order valence-corrected chi connectivity index (χ1v) is 6.41. The average Bonchev–Trinajstić information content (AvgIpc) is 2.40. The molecule has 1 saturated heterocycles. The second-order valence-electron chi connectivity index (χ2n) is 4.78. The summed E-state index contributed by atoms with van der Waals surface area (Å²) in [4.78, 5) is 12.2. The Hall–Kier alpha value is -1.10. The van der Waals surface area contributed by atoms with Gasteiger partial charge in [0.25, 0.3) is 0 Å². The van der Waals surface area contributed by atoms with Crippen LogP contribution in [0.15, 0.2) is 24.3 Å². The molecule has 2 rings (SSSR count). The van der Waals surface area contributed by atoms with Crippen LogP contribution in [0.25, 0.3) is 0 Å². The number of aryl methyl sites for hydroxylation is 1. The van der Waals surface area contributed by atoms with Gasteiger partial charge in [-0.2, -0.15) is 0 Å². The van der Waals surface area contributed by atoms with Crippen LogP contribution >= 0.6 is 12.4 Å². The summed E-state index contributed by atoms with van der Waals surface area (Å²) in [6.45, 7) is 3.20. The van der Waals surface area contributed by atoms with E-state index in [4.69, 9.17) is 10.5 Å². The van der Waals surface area contributed by atoms with Crippen molar-refractivity contribution in [1.82, 2.24) is 0 Å². The Bertz CT molecular complexity index is 431. The first-order chi connectivity index (χ1) is 8.64. The second kappa shape index (κ2) is 6.89. The number of halogens is 1. The Morgan fingerprint density at radius 2 is 2.11 bits per heavy atom. The van der Waals surface area contributed by atoms with E-state index >= 15 is 0 Å². The Morgan fingerprint density at radius 3 is 2.74 bits per heavy atom. The van der Waals surface area contributed by atoms with Crippen molar-refractivity contribution in [3.63, 3.8) is 0 Å². The van der Waals surface area contributed by atoms with E-state index < -0.39 is 5.54 Å². The molecule has 1 heterocycles. The van der Waals surface area contributed by atoms with Gasteiger partial charge in [0.1, 0.15) is 5.54 Å². The SMILES string of the molecule is CCc1cccc(NC(=O)C2(N)CCOCC2)c1.Cl. The smallest absolute Gasteiger partial charge is 0.244 e. The number of nitrogens with two attached hydrogens (primary N) is 1. The molecule has 19 heavy (non-hydrogen) atoms. The molecule has 5 heteroatoms. The summed E-state index contributed by atoms with van der Waals surface area (Å²) in [5, 5.41) is 2.91. The molecule has 1 amide bonds. The van der Waals surface area contributed by atoms with Crippen LogP contribution < -0.4 is 11.1 Å². The molecule has 0 unspecified atom stereocenters. The van der Waals surface area contributed by atoms with E-state index in [1.54, 1.807) is 0 Å². The Morgan fingerprint density at radius 1 is 1.42 bits per heavy atom. The fourth-order valence-electron chi connectivity index (χ4n) is 2.09. The second-order valence-corrected chi connectivity index (χ2v) is 4.78. The summed E-state index contributed by atoms with van der Waals surface area (Å²) >= 11 is 0. The predicted molar refractivity (Wildman–Crippen MR) is 78.7 cm³/mol. The van der Waals surface area contributed by atoms with Gasteiger partial charge in [0.05, 0.1) is 0 Å².